The summed E-state index contributed by atoms with van der Waals surface area (Å²) in [5.74, 6) is -0.813. The molecular formula is C15H20F3N3O4. The molecule has 0 aliphatic carbocycles. The van der Waals surface area contributed by atoms with Gasteiger partial charge < -0.3 is 20.5 Å². The fourth-order valence-corrected chi connectivity index (χ4v) is 1.81. The number of ether oxygens (including phenoxy) is 2. The number of alkyl halides is 3. The molecular weight excluding hydrogens is 343 g/mol. The zero-order chi connectivity index (χ0) is 19.4. The number of nitrogen functional groups attached to an aromatic ring is 1. The van der Waals surface area contributed by atoms with Crippen LogP contribution in [0.1, 0.15) is 32.0 Å². The molecule has 25 heavy (non-hydrogen) atoms. The molecule has 0 unspecified atom stereocenters. The van der Waals surface area contributed by atoms with Crippen molar-refractivity contribution in [2.45, 2.75) is 45.0 Å². The molecule has 1 aromatic rings. The molecule has 0 fully saturated rings. The van der Waals surface area contributed by atoms with Crippen molar-refractivity contribution < 1.29 is 32.2 Å². The van der Waals surface area contributed by atoms with E-state index in [9.17, 15) is 22.8 Å². The molecule has 1 aromatic heterocycles. The number of hydrogen-bond acceptors (Lipinski definition) is 6. The average Bonchev–Trinajstić information content (AvgIpc) is 2.44. The Labute approximate surface area is 142 Å². The quantitative estimate of drug-likeness (QED) is 0.796. The molecule has 0 saturated carbocycles. The maximum Gasteiger partial charge on any atom is 0.417 e. The van der Waals surface area contributed by atoms with Gasteiger partial charge in [-0.15, -0.1) is 0 Å². The number of anilines is 1. The third kappa shape index (κ3) is 6.48. The number of aromatic nitrogens is 1. The second-order valence-corrected chi connectivity index (χ2v) is 6.18. The Morgan fingerprint density at radius 2 is 1.92 bits per heavy atom. The summed E-state index contributed by atoms with van der Waals surface area (Å²) in [5.41, 5.74) is 3.53. The molecule has 1 amide bonds. The molecule has 0 saturated heterocycles. The Balaban J connectivity index is 2.96. The maximum absolute atomic E-state index is 12.6. The number of carbonyl (C=O) groups excluding carboxylic acids is 2. The van der Waals surface area contributed by atoms with E-state index in [4.69, 9.17) is 10.5 Å². The number of nitrogens with one attached hydrogen (secondary N) is 1. The van der Waals surface area contributed by atoms with E-state index in [-0.39, 0.29) is 17.8 Å². The van der Waals surface area contributed by atoms with Crippen LogP contribution in [-0.2, 0) is 26.9 Å². The average molecular weight is 363 g/mol. The fraction of sp³-hybridized carbons (Fsp3) is 0.533. The van der Waals surface area contributed by atoms with Gasteiger partial charge in [0.1, 0.15) is 11.6 Å². The highest BCUT2D eigenvalue weighted by Crippen LogP contribution is 2.30. The van der Waals surface area contributed by atoms with Crippen molar-refractivity contribution in [1.82, 2.24) is 10.3 Å². The van der Waals surface area contributed by atoms with Crippen molar-refractivity contribution >= 4 is 17.7 Å². The highest BCUT2D eigenvalue weighted by atomic mass is 19.4. The van der Waals surface area contributed by atoms with Crippen LogP contribution in [0.3, 0.4) is 0 Å². The minimum atomic E-state index is -4.59. The van der Waals surface area contributed by atoms with Crippen LogP contribution < -0.4 is 11.1 Å². The first-order valence-electron chi connectivity index (χ1n) is 7.22. The van der Waals surface area contributed by atoms with Gasteiger partial charge in [-0.05, 0) is 26.8 Å². The van der Waals surface area contributed by atoms with Crippen LogP contribution in [0.2, 0.25) is 0 Å². The van der Waals surface area contributed by atoms with Crippen molar-refractivity contribution in [1.29, 1.82) is 0 Å². The van der Waals surface area contributed by atoms with Crippen LogP contribution in [0.4, 0.5) is 23.7 Å². The number of rotatable bonds is 4. The van der Waals surface area contributed by atoms with Gasteiger partial charge in [-0.3, -0.25) is 4.98 Å². The van der Waals surface area contributed by atoms with Crippen molar-refractivity contribution in [3.8, 4) is 0 Å². The Morgan fingerprint density at radius 1 is 1.32 bits per heavy atom. The molecule has 0 radical (unpaired) electrons. The third-order valence-corrected chi connectivity index (χ3v) is 2.91. The summed E-state index contributed by atoms with van der Waals surface area (Å²) in [6.07, 6.45) is -5.12. The number of nitrogens with zero attached hydrogens (tertiary/aromatic N) is 1. The molecule has 0 aliphatic rings. The fourth-order valence-electron chi connectivity index (χ4n) is 1.81. The number of halogens is 3. The third-order valence-electron chi connectivity index (χ3n) is 2.91. The van der Waals surface area contributed by atoms with Gasteiger partial charge in [-0.25, -0.2) is 9.59 Å². The molecule has 0 spiro atoms. The van der Waals surface area contributed by atoms with Gasteiger partial charge in [0.15, 0.2) is 0 Å². The van der Waals surface area contributed by atoms with E-state index in [0.29, 0.717) is 12.3 Å². The molecule has 0 aromatic carbocycles. The Bertz CT molecular complexity index is 642. The predicted octanol–water partition coefficient (Wildman–Crippen LogP) is 2.29. The first kappa shape index (κ1) is 20.5. The van der Waals surface area contributed by atoms with Crippen molar-refractivity contribution in [2.75, 3.05) is 12.8 Å². The maximum atomic E-state index is 12.6. The molecule has 0 bridgehead atoms. The van der Waals surface area contributed by atoms with Gasteiger partial charge in [0.05, 0.1) is 24.1 Å². The lowest BCUT2D eigenvalue weighted by molar-refractivity contribution is -0.143. The lowest BCUT2D eigenvalue weighted by Gasteiger charge is -2.22. The minimum absolute atomic E-state index is 0.0134. The van der Waals surface area contributed by atoms with E-state index in [2.05, 4.69) is 15.0 Å². The van der Waals surface area contributed by atoms with Gasteiger partial charge in [0, 0.05) is 12.6 Å². The molecule has 7 nitrogen and oxygen atoms in total. The second-order valence-electron chi connectivity index (χ2n) is 6.18. The van der Waals surface area contributed by atoms with Crippen LogP contribution in [0.15, 0.2) is 12.3 Å². The summed E-state index contributed by atoms with van der Waals surface area (Å²) < 4.78 is 47.5. The highest BCUT2D eigenvalue weighted by Gasteiger charge is 2.32. The van der Waals surface area contributed by atoms with Crippen LogP contribution in [0, 0.1) is 0 Å². The van der Waals surface area contributed by atoms with Crippen LogP contribution >= 0.6 is 0 Å². The highest BCUT2D eigenvalue weighted by molar-refractivity contribution is 5.81. The van der Waals surface area contributed by atoms with Gasteiger partial charge in [0.25, 0.3) is 0 Å². The number of alkyl carbamates (subject to hydrolysis) is 1. The number of amides is 1. The Kier molecular flexibility index (Phi) is 6.22. The van der Waals surface area contributed by atoms with Crippen LogP contribution in [-0.4, -0.2) is 35.8 Å². The molecule has 1 rings (SSSR count). The molecule has 3 N–H and O–H groups in total. The van der Waals surface area contributed by atoms with Crippen molar-refractivity contribution in [3.63, 3.8) is 0 Å². The summed E-state index contributed by atoms with van der Waals surface area (Å²) in [6.45, 7) is 4.90. The first-order valence-corrected chi connectivity index (χ1v) is 7.22. The van der Waals surface area contributed by atoms with E-state index < -0.39 is 35.4 Å². The summed E-state index contributed by atoms with van der Waals surface area (Å²) in [5, 5.41) is 2.29. The number of carbonyl (C=O) groups is 2. The van der Waals surface area contributed by atoms with E-state index in [1.807, 2.05) is 0 Å². The van der Waals surface area contributed by atoms with Crippen molar-refractivity contribution in [2.24, 2.45) is 0 Å². The Morgan fingerprint density at radius 3 is 2.36 bits per heavy atom. The van der Waals surface area contributed by atoms with Crippen molar-refractivity contribution in [3.05, 3.63) is 23.5 Å². The smallest absolute Gasteiger partial charge is 0.417 e. The lowest BCUT2D eigenvalue weighted by Crippen LogP contribution is -2.45. The normalized spacial score (nSPS) is 13.1. The first-order chi connectivity index (χ1) is 11.3. The number of pyridine rings is 1. The van der Waals surface area contributed by atoms with Gasteiger partial charge in [-0.2, -0.15) is 13.2 Å². The SMILES string of the molecule is COC(=O)[C@@H](Cc1ncc(C(F)(F)F)cc1N)NC(=O)OC(C)(C)C. The predicted molar refractivity (Wildman–Crippen MR) is 82.5 cm³/mol. The summed E-state index contributed by atoms with van der Waals surface area (Å²) >= 11 is 0. The zero-order valence-electron chi connectivity index (χ0n) is 14.2. The molecule has 1 heterocycles. The number of esters is 1. The number of nitrogens with two attached hydrogens (primary N) is 1. The van der Waals surface area contributed by atoms with Gasteiger partial charge in [-0.1, -0.05) is 0 Å². The largest absolute Gasteiger partial charge is 0.467 e. The number of methoxy groups -OCH3 is 1. The molecule has 140 valence electrons. The molecule has 10 heteroatoms. The van der Waals surface area contributed by atoms with Gasteiger partial charge in [0.2, 0.25) is 0 Å². The zero-order valence-corrected chi connectivity index (χ0v) is 14.2. The minimum Gasteiger partial charge on any atom is -0.467 e. The number of hydrogen-bond donors (Lipinski definition) is 2. The Hall–Kier alpha value is -2.52. The van der Waals surface area contributed by atoms with Crippen LogP contribution in [0.25, 0.3) is 0 Å². The summed E-state index contributed by atoms with van der Waals surface area (Å²) in [6, 6.07) is -0.504. The molecule has 0 aliphatic heterocycles. The van der Waals surface area contributed by atoms with Gasteiger partial charge >= 0.3 is 18.2 Å². The lowest BCUT2D eigenvalue weighted by atomic mass is 10.1. The van der Waals surface area contributed by atoms with E-state index in [1.165, 1.54) is 0 Å². The van der Waals surface area contributed by atoms with Crippen LogP contribution in [0.5, 0.6) is 0 Å². The van der Waals surface area contributed by atoms with E-state index in [1.54, 1.807) is 20.8 Å². The molecule has 1 atom stereocenters. The standard InChI is InChI=1S/C15H20F3N3O4/c1-14(2,3)25-13(23)21-11(12(22)24-4)6-10-9(19)5-8(7-20-10)15(16,17)18/h5,7,11H,6,19H2,1-4H3,(H,21,23)/t11-/m1/s1. The second kappa shape index (κ2) is 7.58. The summed E-state index contributed by atoms with van der Waals surface area (Å²) in [4.78, 5) is 27.3. The topological polar surface area (TPSA) is 104 Å². The summed E-state index contributed by atoms with van der Waals surface area (Å²) in [7, 11) is 1.11. The van der Waals surface area contributed by atoms with E-state index >= 15 is 0 Å². The van der Waals surface area contributed by atoms with E-state index in [0.717, 1.165) is 7.11 Å². The monoisotopic (exact) mass is 363 g/mol.